The first-order valence-corrected chi connectivity index (χ1v) is 26.1. The molecule has 4 saturated heterocycles. The Labute approximate surface area is 434 Å². The van der Waals surface area contributed by atoms with E-state index < -0.39 is 65.3 Å². The van der Waals surface area contributed by atoms with Crippen molar-refractivity contribution in [2.45, 2.75) is 108 Å². The molecule has 6 bridgehead atoms. The van der Waals surface area contributed by atoms with Crippen LogP contribution in [0.1, 0.15) is 82.2 Å². The van der Waals surface area contributed by atoms with E-state index in [1.54, 1.807) is 54.4 Å². The van der Waals surface area contributed by atoms with Crippen molar-refractivity contribution in [2.24, 2.45) is 16.7 Å². The Morgan fingerprint density at radius 3 is 2.47 bits per heavy atom. The van der Waals surface area contributed by atoms with Crippen molar-refractivity contribution in [2.75, 3.05) is 66.6 Å². The van der Waals surface area contributed by atoms with Gasteiger partial charge in [0.1, 0.15) is 18.7 Å². The van der Waals surface area contributed by atoms with Gasteiger partial charge >= 0.3 is 18.2 Å². The number of rotatable bonds is 7. The summed E-state index contributed by atoms with van der Waals surface area (Å²) in [5.74, 6) is -2.46. The summed E-state index contributed by atoms with van der Waals surface area (Å²) in [5, 5.41) is 5.36. The first-order valence-electron chi connectivity index (χ1n) is 26.1. The molecular weight excluding hydrogens is 970 g/mol. The van der Waals surface area contributed by atoms with Crippen LogP contribution < -0.4 is 10.7 Å². The van der Waals surface area contributed by atoms with Gasteiger partial charge in [-0.25, -0.2) is 10.2 Å². The number of carbonyl (C=O) groups is 5. The van der Waals surface area contributed by atoms with Crippen molar-refractivity contribution < 1.29 is 51.4 Å². The molecule has 400 valence electrons. The van der Waals surface area contributed by atoms with Crippen LogP contribution in [0.5, 0.6) is 0 Å². The quantitative estimate of drug-likeness (QED) is 0.147. The van der Waals surface area contributed by atoms with E-state index in [1.165, 1.54) is 20.6 Å². The second-order valence-electron chi connectivity index (χ2n) is 22.5. The van der Waals surface area contributed by atoms with Crippen LogP contribution in [0.4, 0.5) is 18.0 Å². The van der Waals surface area contributed by atoms with Gasteiger partial charge < -0.3 is 38.8 Å². The number of esters is 1. The van der Waals surface area contributed by atoms with Crippen LogP contribution in [0.3, 0.4) is 0 Å². The van der Waals surface area contributed by atoms with Crippen LogP contribution in [0.2, 0.25) is 0 Å². The zero-order chi connectivity index (χ0) is 53.4. The molecule has 19 heteroatoms. The summed E-state index contributed by atoms with van der Waals surface area (Å²) in [6.07, 6.45) is -0.479. The molecule has 7 heterocycles. The maximum Gasteiger partial charge on any atom is 0.406 e. The molecule has 10 rings (SSSR count). The highest BCUT2D eigenvalue weighted by atomic mass is 19.4. The van der Waals surface area contributed by atoms with Crippen molar-refractivity contribution in [3.8, 4) is 22.4 Å². The second kappa shape index (κ2) is 19.8. The number of ether oxygens (including phenoxy) is 3. The molecule has 16 nitrogen and oxygen atoms in total. The van der Waals surface area contributed by atoms with Crippen molar-refractivity contribution in [1.29, 1.82) is 0 Å². The molecule has 4 aromatic rings. The van der Waals surface area contributed by atoms with Gasteiger partial charge in [-0.3, -0.25) is 29.2 Å². The lowest BCUT2D eigenvalue weighted by atomic mass is 9.65. The van der Waals surface area contributed by atoms with Crippen LogP contribution in [0, 0.1) is 16.7 Å². The van der Waals surface area contributed by atoms with Crippen LogP contribution in [-0.4, -0.2) is 155 Å². The molecule has 1 aliphatic carbocycles. The number of methoxy groups -OCH3 is 1. The van der Waals surface area contributed by atoms with E-state index in [4.69, 9.17) is 19.2 Å². The number of aromatic nitrogens is 2. The average molecular weight is 1040 g/mol. The fourth-order valence-electron chi connectivity index (χ4n) is 13.1. The number of benzene rings is 2. The Balaban J connectivity index is 1.02. The minimum absolute atomic E-state index is 0.105. The summed E-state index contributed by atoms with van der Waals surface area (Å²) in [4.78, 5) is 81.7. The number of ketones is 1. The molecule has 2 aromatic carbocycles. The summed E-state index contributed by atoms with van der Waals surface area (Å²) >= 11 is 0. The third-order valence-electron chi connectivity index (χ3n) is 16.8. The maximum atomic E-state index is 15.5. The summed E-state index contributed by atoms with van der Waals surface area (Å²) in [7, 11) is 3.18. The second-order valence-corrected chi connectivity index (χ2v) is 22.5. The monoisotopic (exact) mass is 1040 g/mol. The Hall–Kier alpha value is -6.15. The topological polar surface area (TPSA) is 168 Å². The predicted molar refractivity (Wildman–Crippen MR) is 273 cm³/mol. The Morgan fingerprint density at radius 1 is 1.01 bits per heavy atom. The van der Waals surface area contributed by atoms with E-state index in [9.17, 15) is 27.6 Å². The zero-order valence-electron chi connectivity index (χ0n) is 43.5. The molecular formula is C56H67F3N8O8. The molecule has 2 unspecified atom stereocenters. The lowest BCUT2D eigenvalue weighted by Crippen LogP contribution is -2.76. The first-order chi connectivity index (χ1) is 35.7. The largest absolute Gasteiger partial charge is 0.464 e. The number of alkyl halides is 3. The van der Waals surface area contributed by atoms with E-state index in [-0.39, 0.29) is 55.7 Å². The van der Waals surface area contributed by atoms with Gasteiger partial charge in [0.15, 0.2) is 5.78 Å². The zero-order valence-corrected chi connectivity index (χ0v) is 43.5. The summed E-state index contributed by atoms with van der Waals surface area (Å²) < 4.78 is 64.2. The van der Waals surface area contributed by atoms with E-state index in [2.05, 4.69) is 17.3 Å². The number of morpholine rings is 1. The minimum atomic E-state index is -4.58. The van der Waals surface area contributed by atoms with Gasteiger partial charge in [-0.1, -0.05) is 64.6 Å². The van der Waals surface area contributed by atoms with Gasteiger partial charge in [-0.15, -0.1) is 0 Å². The number of pyridine rings is 1. The van der Waals surface area contributed by atoms with E-state index in [1.807, 2.05) is 58.0 Å². The van der Waals surface area contributed by atoms with E-state index in [0.717, 1.165) is 11.1 Å². The number of nitrogens with one attached hydrogen (secondary N) is 2. The van der Waals surface area contributed by atoms with Crippen molar-refractivity contribution >= 4 is 40.5 Å². The fourth-order valence-corrected chi connectivity index (χ4v) is 13.1. The number of hydrogen-bond donors (Lipinski definition) is 2. The van der Waals surface area contributed by atoms with Crippen molar-refractivity contribution in [1.82, 2.24) is 40.0 Å². The Bertz CT molecular complexity index is 2930. The lowest BCUT2D eigenvalue weighted by molar-refractivity contribution is -0.165. The number of cyclic esters (lactones) is 1. The highest BCUT2D eigenvalue weighted by molar-refractivity contribution is 6.01. The molecule has 0 saturated carbocycles. The highest BCUT2D eigenvalue weighted by Gasteiger charge is 2.60. The number of carbonyl (C=O) groups excluding carboxylic acids is 5. The first kappa shape index (κ1) is 52.3. The van der Waals surface area contributed by atoms with Gasteiger partial charge in [0.25, 0.3) is 0 Å². The molecule has 2 N–H and O–H groups in total. The number of hydrazine groups is 1. The number of fused-ring (bicyclic) bond motifs is 8. The number of likely N-dealkylation sites (N-methyl/N-ethyl adjacent to an activating group) is 1. The number of halogens is 3. The third kappa shape index (κ3) is 9.30. The maximum absolute atomic E-state index is 15.5. The smallest absolute Gasteiger partial charge is 0.406 e. The van der Waals surface area contributed by atoms with Crippen molar-refractivity contribution in [3.05, 3.63) is 90.3 Å². The number of likely N-dealkylation sites (tertiary alicyclic amines) is 1. The van der Waals surface area contributed by atoms with Crippen LogP contribution >= 0.6 is 0 Å². The summed E-state index contributed by atoms with van der Waals surface area (Å²) in [6, 6.07) is 13.3. The minimum Gasteiger partial charge on any atom is -0.464 e. The Morgan fingerprint density at radius 2 is 1.77 bits per heavy atom. The summed E-state index contributed by atoms with van der Waals surface area (Å²) in [5.41, 5.74) is 4.86. The fraction of sp³-hybridized carbons (Fsp3) is 0.536. The number of hydrogen-bond acceptors (Lipinski definition) is 11. The SMILES string of the molecule is C=CC(=O)N1CCOC2(CCN(C(=O)N(C)[C@H](C(=O)C3NC[C@@]34Cc3cccc(c3)-c3ccc5c(c3)c3c(n5CC(F)(F)F)-c5cccnc5[C@@H](OC)C3C(C)(C)COC(=O)[C@@H]3CCCN(N3)C4=O)C(C)C)CC2)C1. The van der Waals surface area contributed by atoms with Gasteiger partial charge in [-0.2, -0.15) is 13.2 Å². The third-order valence-corrected chi connectivity index (χ3v) is 16.8. The molecule has 6 aliphatic rings. The molecule has 2 aromatic heterocycles. The van der Waals surface area contributed by atoms with Crippen LogP contribution in [-0.2, 0) is 46.4 Å². The van der Waals surface area contributed by atoms with Gasteiger partial charge in [-0.05, 0) is 90.6 Å². The summed E-state index contributed by atoms with van der Waals surface area (Å²) in [6.45, 7) is 12.2. The normalized spacial score (nSPS) is 25.8. The van der Waals surface area contributed by atoms with E-state index >= 15 is 9.59 Å². The molecule has 2 spiro atoms. The molecule has 75 heavy (non-hydrogen) atoms. The van der Waals surface area contributed by atoms with Gasteiger partial charge in [0, 0.05) is 80.9 Å². The number of piperidine rings is 1. The number of Topliss-reactive ketones (excluding diaryl/α,β-unsaturated/α-hetero) is 1. The number of nitrogens with zero attached hydrogens (tertiary/aromatic N) is 6. The molecule has 4 amide bonds. The van der Waals surface area contributed by atoms with Gasteiger partial charge in [0.2, 0.25) is 11.8 Å². The Kier molecular flexibility index (Phi) is 13.8. The average Bonchev–Trinajstić information content (AvgIpc) is 3.70. The predicted octanol–water partition coefficient (Wildman–Crippen LogP) is 6.82. The van der Waals surface area contributed by atoms with Crippen LogP contribution in [0.25, 0.3) is 33.3 Å². The number of urea groups is 1. The molecule has 5 aliphatic heterocycles. The van der Waals surface area contributed by atoms with Crippen molar-refractivity contribution in [3.63, 3.8) is 0 Å². The molecule has 6 atom stereocenters. The van der Waals surface area contributed by atoms with E-state index in [0.29, 0.717) is 97.5 Å². The highest BCUT2D eigenvalue weighted by Crippen LogP contribution is 2.57. The molecule has 4 fully saturated rings. The lowest BCUT2D eigenvalue weighted by Gasteiger charge is -2.52. The standard InChI is InChI=1S/C56H67F3N8O8/c1-8-41(68)65-24-25-75-54(30-65)18-22-64(23-19-54)52(72)63(6)45(33(2)3)47(69)49-55(29-61-49)28-34-12-9-13-35(26-34)36-16-17-40-38(27-36)42-43(53(4,5)32-74-50(70)39-15-11-21-67(62-39)51(55)71)48(73-7)44-37(14-10-20-60-44)46(42)66(40)31-56(57,58)59/h8-10,12-14,16-17,20,26-27,33,39,43,45,48-49,61-62H,1,11,15,18-19,21-25,28-32H2,2-7H3/t39-,43?,45-,48-,49?,55-/m0/s1. The number of amides is 4. The van der Waals surface area contributed by atoms with Crippen LogP contribution in [0.15, 0.2) is 73.4 Å². The van der Waals surface area contributed by atoms with Gasteiger partial charge in [0.05, 0.1) is 54.2 Å². The molecule has 0 radical (unpaired) electrons.